The minimum Gasteiger partial charge on any atom is -0.289 e. The molecule has 5 nitrogen and oxygen atoms in total. The second kappa shape index (κ2) is 17.4. The van der Waals surface area contributed by atoms with Crippen molar-refractivity contribution in [3.05, 3.63) is 145 Å². The monoisotopic (exact) mass is 918 g/mol. The highest BCUT2D eigenvalue weighted by Crippen LogP contribution is 2.49. The summed E-state index contributed by atoms with van der Waals surface area (Å²) in [6.07, 6.45) is 10.1. The fourth-order valence-electron chi connectivity index (χ4n) is 9.23. The molecule has 0 aliphatic heterocycles. The minimum absolute atomic E-state index is 0.0309. The molecule has 1 aromatic heterocycles. The van der Waals surface area contributed by atoms with Gasteiger partial charge in [0.2, 0.25) is 0 Å². The van der Waals surface area contributed by atoms with E-state index in [9.17, 15) is 19.8 Å². The standard InChI is InChI=1S/C63H83NO4/c1-56(2,3)41-27-37(28-42(52(41)65)57(4,5)6)50(38-29-43(58(7,8)9)53(66)44(30-38)59(10,11)12)36-25-26-64-49(35-36)51(39-31-45(60(13,14)15)54(67)46(32-39)61(16,17)18)40-33-47(62(19,20)21)55(68)48(34-40)63(22,23)24/h25-35H,1-24H3. The van der Waals surface area contributed by atoms with Crippen LogP contribution in [0.4, 0.5) is 0 Å². The number of allylic oxidation sites excluding steroid dienone is 10. The molecule has 5 heteroatoms. The summed E-state index contributed by atoms with van der Waals surface area (Å²) >= 11 is 0. The molecule has 0 atom stereocenters. The van der Waals surface area contributed by atoms with Crippen LogP contribution >= 0.6 is 0 Å². The number of aromatic nitrogens is 1. The Balaban J connectivity index is 2.13. The molecule has 2 aromatic carbocycles. The molecule has 0 saturated heterocycles. The number of rotatable bonds is 4. The van der Waals surface area contributed by atoms with Crippen LogP contribution in [0.1, 0.15) is 211 Å². The summed E-state index contributed by atoms with van der Waals surface area (Å²) in [6.45, 7) is 50.0. The van der Waals surface area contributed by atoms with Crippen molar-refractivity contribution in [1.82, 2.24) is 4.98 Å². The number of pyridine rings is 1. The molecule has 1 heterocycles. The van der Waals surface area contributed by atoms with Gasteiger partial charge in [0.25, 0.3) is 0 Å². The zero-order valence-electron chi connectivity index (χ0n) is 46.4. The molecule has 0 saturated carbocycles. The van der Waals surface area contributed by atoms with Gasteiger partial charge in [0.05, 0.1) is 5.69 Å². The second-order valence-electron chi connectivity index (χ2n) is 27.8. The van der Waals surface area contributed by atoms with Gasteiger partial charge in [-0.25, -0.2) is 0 Å². The van der Waals surface area contributed by atoms with E-state index in [1.54, 1.807) is 0 Å². The third-order valence-corrected chi connectivity index (χ3v) is 13.3. The number of carbonyl (C=O) groups is 2. The van der Waals surface area contributed by atoms with Gasteiger partial charge in [0, 0.05) is 56.3 Å². The number of hydrogen-bond donors (Lipinski definition) is 0. The Labute approximate surface area is 411 Å². The molecule has 2 radical (unpaired) electrons. The van der Waals surface area contributed by atoms with Gasteiger partial charge >= 0.3 is 0 Å². The average Bonchev–Trinajstić information content (AvgIpc) is 3.13. The molecular formula is C63H83NO4. The number of carbonyl (C=O) groups excluding carboxylic acids is 2. The van der Waals surface area contributed by atoms with Crippen molar-refractivity contribution in [2.75, 3.05) is 0 Å². The lowest BCUT2D eigenvalue weighted by atomic mass is 9.70. The first-order valence-corrected chi connectivity index (χ1v) is 24.6. The Bertz CT molecular complexity index is 2420. The van der Waals surface area contributed by atoms with Crippen LogP contribution in [0.25, 0.3) is 11.1 Å². The molecule has 5 rings (SSSR count). The van der Waals surface area contributed by atoms with Crippen molar-refractivity contribution >= 4 is 22.7 Å². The van der Waals surface area contributed by atoms with Crippen molar-refractivity contribution < 1.29 is 19.8 Å². The predicted octanol–water partition coefficient (Wildman–Crippen LogP) is 17.2. The first-order valence-electron chi connectivity index (χ1n) is 24.6. The van der Waals surface area contributed by atoms with Gasteiger partial charge in [-0.1, -0.05) is 166 Å². The molecule has 0 spiro atoms. The van der Waals surface area contributed by atoms with Gasteiger partial charge in [-0.15, -0.1) is 0 Å². The van der Waals surface area contributed by atoms with Crippen LogP contribution in [0.5, 0.6) is 11.5 Å². The number of ketones is 2. The Hall–Kier alpha value is -5.03. The lowest BCUT2D eigenvalue weighted by Crippen LogP contribution is -2.28. The molecule has 68 heavy (non-hydrogen) atoms. The van der Waals surface area contributed by atoms with Crippen molar-refractivity contribution in [3.63, 3.8) is 0 Å². The van der Waals surface area contributed by atoms with E-state index in [4.69, 9.17) is 4.98 Å². The van der Waals surface area contributed by atoms with Gasteiger partial charge < -0.3 is 0 Å². The molecule has 364 valence electrons. The predicted molar refractivity (Wildman–Crippen MR) is 284 cm³/mol. The molecular weight excluding hydrogens is 835 g/mol. The zero-order valence-corrected chi connectivity index (χ0v) is 46.4. The summed E-state index contributed by atoms with van der Waals surface area (Å²) in [4.78, 5) is 34.2. The fourth-order valence-corrected chi connectivity index (χ4v) is 9.23. The number of hydrogen-bond acceptors (Lipinski definition) is 3. The SMILES string of the molecule is CC(C)(C)C1=CC(=C(c2ccnc(C(=C3C=C(C(C)(C)C)C(=O)C(C(C)(C)C)=C3)c3cc(C(C)(C)C)c([O])c(C(C)(C)C)c3)c2)c2cc(C(C)(C)C)c([O])c(C(C)(C)C)c2)C=C(C(C)(C)C)C1=O. The normalized spacial score (nSPS) is 16.1. The lowest BCUT2D eigenvalue weighted by molar-refractivity contribution is -0.114. The van der Waals surface area contributed by atoms with Crippen LogP contribution in [0.2, 0.25) is 0 Å². The first kappa shape index (κ1) is 53.9. The van der Waals surface area contributed by atoms with Gasteiger partial charge in [0.1, 0.15) is 0 Å². The highest BCUT2D eigenvalue weighted by molar-refractivity contribution is 6.14. The van der Waals surface area contributed by atoms with E-state index in [1.165, 1.54) is 0 Å². The van der Waals surface area contributed by atoms with E-state index in [2.05, 4.69) is 197 Å². The largest absolute Gasteiger partial charge is 0.289 e. The average molecular weight is 918 g/mol. The summed E-state index contributed by atoms with van der Waals surface area (Å²) in [5.74, 6) is 0.140. The van der Waals surface area contributed by atoms with Gasteiger partial charge in [-0.05, 0) is 137 Å². The molecule has 3 aromatic rings. The molecule has 0 amide bonds. The summed E-state index contributed by atoms with van der Waals surface area (Å²) < 4.78 is 0. The molecule has 0 bridgehead atoms. The van der Waals surface area contributed by atoms with E-state index >= 15 is 0 Å². The van der Waals surface area contributed by atoms with Crippen LogP contribution in [-0.4, -0.2) is 16.6 Å². The van der Waals surface area contributed by atoms with Crippen LogP contribution in [0.15, 0.2) is 100 Å². The fraction of sp³-hybridized carbons (Fsp3) is 0.508. The van der Waals surface area contributed by atoms with Crippen molar-refractivity contribution in [2.24, 2.45) is 21.7 Å². The Kier molecular flexibility index (Phi) is 13.8. The highest BCUT2D eigenvalue weighted by atomic mass is 16.3. The maximum Gasteiger partial charge on any atom is 0.186 e. The van der Waals surface area contributed by atoms with Crippen LogP contribution < -0.4 is 0 Å². The number of benzene rings is 2. The first-order chi connectivity index (χ1) is 30.5. The lowest BCUT2D eigenvalue weighted by Gasteiger charge is -2.33. The van der Waals surface area contributed by atoms with Crippen molar-refractivity contribution in [2.45, 2.75) is 188 Å². The van der Waals surface area contributed by atoms with Gasteiger partial charge in [-0.3, -0.25) is 24.8 Å². The summed E-state index contributed by atoms with van der Waals surface area (Å²) in [7, 11) is 0. The molecule has 2 aliphatic carbocycles. The maximum absolute atomic E-state index is 14.5. The minimum atomic E-state index is -0.479. The van der Waals surface area contributed by atoms with Crippen molar-refractivity contribution in [3.8, 4) is 11.5 Å². The second-order valence-corrected chi connectivity index (χ2v) is 27.8. The smallest absolute Gasteiger partial charge is 0.186 e. The topological polar surface area (TPSA) is 86.8 Å². The Morgan fingerprint density at radius 2 is 0.618 bits per heavy atom. The number of nitrogens with zero attached hydrogens (tertiary/aromatic N) is 1. The molecule has 2 aliphatic rings. The van der Waals surface area contributed by atoms with E-state index in [0.29, 0.717) is 28.0 Å². The quantitative estimate of drug-likeness (QED) is 0.261. The van der Waals surface area contributed by atoms with E-state index in [-0.39, 0.29) is 23.1 Å². The maximum atomic E-state index is 14.5. The molecule has 0 unspecified atom stereocenters. The van der Waals surface area contributed by atoms with Gasteiger partial charge in [0.15, 0.2) is 23.1 Å². The van der Waals surface area contributed by atoms with Crippen LogP contribution in [-0.2, 0) is 41.5 Å². The van der Waals surface area contributed by atoms with Crippen LogP contribution in [0.3, 0.4) is 0 Å². The third-order valence-electron chi connectivity index (χ3n) is 13.3. The highest BCUT2D eigenvalue weighted by Gasteiger charge is 2.38. The third kappa shape index (κ3) is 11.0. The van der Waals surface area contributed by atoms with E-state index < -0.39 is 43.3 Å². The molecule has 0 N–H and O–H groups in total. The number of Topliss-reactive ketones (excluding diaryl/α,β-unsaturated/α-hetero) is 2. The Morgan fingerprint density at radius 1 is 0.353 bits per heavy atom. The van der Waals surface area contributed by atoms with Crippen LogP contribution in [0, 0.1) is 21.7 Å². The zero-order chi connectivity index (χ0) is 52.0. The molecule has 0 fully saturated rings. The van der Waals surface area contributed by atoms with E-state index in [0.717, 1.165) is 61.3 Å². The van der Waals surface area contributed by atoms with Crippen molar-refractivity contribution in [1.29, 1.82) is 0 Å². The summed E-state index contributed by atoms with van der Waals surface area (Å²) in [5, 5.41) is 29.0. The summed E-state index contributed by atoms with van der Waals surface area (Å²) in [5.41, 5.74) is 8.52. The van der Waals surface area contributed by atoms with E-state index in [1.807, 2.05) is 36.5 Å². The van der Waals surface area contributed by atoms with Gasteiger partial charge in [-0.2, -0.15) is 0 Å². The summed E-state index contributed by atoms with van der Waals surface area (Å²) in [6, 6.07) is 12.4. The Morgan fingerprint density at radius 3 is 0.882 bits per heavy atom.